The van der Waals surface area contributed by atoms with Crippen molar-refractivity contribution in [1.29, 1.82) is 0 Å². The van der Waals surface area contributed by atoms with Gasteiger partial charge < -0.3 is 20.9 Å². The van der Waals surface area contributed by atoms with E-state index in [9.17, 15) is 4.79 Å². The normalized spacial score (nSPS) is 12.6. The van der Waals surface area contributed by atoms with Gasteiger partial charge in [-0.25, -0.2) is 9.97 Å². The monoisotopic (exact) mass is 507 g/mol. The van der Waals surface area contributed by atoms with Crippen molar-refractivity contribution < 1.29 is 9.32 Å². The molecule has 0 aliphatic heterocycles. The molecule has 0 saturated heterocycles. The Bertz CT molecular complexity index is 1360. The van der Waals surface area contributed by atoms with Crippen LogP contribution in [0, 0.1) is 13.8 Å². The number of thiazole rings is 1. The molecule has 0 fully saturated rings. The molecule has 0 aliphatic rings. The molecule has 1 unspecified atom stereocenters. The van der Waals surface area contributed by atoms with E-state index in [0.29, 0.717) is 29.2 Å². The fourth-order valence-corrected chi connectivity index (χ4v) is 5.20. The second-order valence-corrected chi connectivity index (χ2v) is 10.9. The summed E-state index contributed by atoms with van der Waals surface area (Å²) in [5.41, 5.74) is 7.55. The van der Waals surface area contributed by atoms with Gasteiger partial charge in [0, 0.05) is 41.4 Å². The first kappa shape index (κ1) is 25.7. The third-order valence-corrected chi connectivity index (χ3v) is 7.30. The van der Waals surface area contributed by atoms with Gasteiger partial charge in [0.1, 0.15) is 5.82 Å². The number of carbonyl (C=O) groups is 1. The number of nitrogens with two attached hydrogens (primary N) is 1. The number of carbonyl (C=O) groups excluding carboxylic acids is 1. The second kappa shape index (κ2) is 10.7. The van der Waals surface area contributed by atoms with Crippen molar-refractivity contribution in [2.75, 3.05) is 17.2 Å². The van der Waals surface area contributed by atoms with Gasteiger partial charge >= 0.3 is 0 Å². The molecule has 10 heteroatoms. The lowest BCUT2D eigenvalue weighted by Crippen LogP contribution is -2.27. The van der Waals surface area contributed by atoms with E-state index in [-0.39, 0.29) is 23.8 Å². The van der Waals surface area contributed by atoms with Crippen LogP contribution in [0.15, 0.2) is 35.0 Å². The molecule has 1 amide bonds. The lowest BCUT2D eigenvalue weighted by Gasteiger charge is -2.20. The molecule has 0 spiro atoms. The van der Waals surface area contributed by atoms with Crippen molar-refractivity contribution in [2.24, 2.45) is 5.73 Å². The van der Waals surface area contributed by atoms with Crippen molar-refractivity contribution in [3.8, 4) is 11.4 Å². The minimum atomic E-state index is -0.147. The van der Waals surface area contributed by atoms with Crippen molar-refractivity contribution in [2.45, 2.75) is 65.3 Å². The number of aromatic nitrogens is 4. The van der Waals surface area contributed by atoms with Gasteiger partial charge in [-0.3, -0.25) is 4.79 Å². The van der Waals surface area contributed by atoms with Crippen LogP contribution in [0.5, 0.6) is 0 Å². The minimum absolute atomic E-state index is 0.0188. The van der Waals surface area contributed by atoms with Crippen molar-refractivity contribution in [1.82, 2.24) is 20.1 Å². The van der Waals surface area contributed by atoms with Crippen LogP contribution in [-0.2, 0) is 10.2 Å². The molecule has 4 N–H and O–H groups in total. The fourth-order valence-electron chi connectivity index (χ4n) is 4.16. The van der Waals surface area contributed by atoms with Gasteiger partial charge in [-0.05, 0) is 49.2 Å². The van der Waals surface area contributed by atoms with Crippen LogP contribution in [-0.4, -0.2) is 38.6 Å². The number of nitrogens with one attached hydrogen (secondary N) is 2. The summed E-state index contributed by atoms with van der Waals surface area (Å²) in [6.07, 6.45) is 3.55. The predicted molar refractivity (Wildman–Crippen MR) is 144 cm³/mol. The van der Waals surface area contributed by atoms with E-state index in [4.69, 9.17) is 10.3 Å². The van der Waals surface area contributed by atoms with Crippen LogP contribution >= 0.6 is 11.3 Å². The molecule has 1 atom stereocenters. The molecule has 36 heavy (non-hydrogen) atoms. The van der Waals surface area contributed by atoms with Gasteiger partial charge in [0.2, 0.25) is 17.6 Å². The number of benzene rings is 1. The summed E-state index contributed by atoms with van der Waals surface area (Å²) < 4.78 is 5.14. The summed E-state index contributed by atoms with van der Waals surface area (Å²) in [4.78, 5) is 27.6. The zero-order chi connectivity index (χ0) is 25.9. The van der Waals surface area contributed by atoms with E-state index in [0.717, 1.165) is 34.9 Å². The van der Waals surface area contributed by atoms with Gasteiger partial charge in [-0.15, -0.1) is 11.3 Å². The van der Waals surface area contributed by atoms with Crippen LogP contribution < -0.4 is 16.4 Å². The highest BCUT2D eigenvalue weighted by Gasteiger charge is 2.22. The average Bonchev–Trinajstić information content (AvgIpc) is 3.42. The second-order valence-electron chi connectivity index (χ2n) is 9.94. The number of nitrogens with zero attached hydrogens (tertiary/aromatic N) is 4. The number of fused-ring (bicyclic) bond motifs is 1. The SMILES string of the molecule is Cc1nc(-c2ccc3ccnc(NC(CCCN)CC(=O)Nc4nc(C)c(C(C)(C)C)s4)c3c2)no1. The van der Waals surface area contributed by atoms with Crippen LogP contribution in [0.1, 0.15) is 56.5 Å². The van der Waals surface area contributed by atoms with Gasteiger partial charge in [0.05, 0.1) is 5.69 Å². The predicted octanol–water partition coefficient (Wildman–Crippen LogP) is 5.20. The molecular formula is C26H33N7O2S. The third-order valence-electron chi connectivity index (χ3n) is 5.81. The van der Waals surface area contributed by atoms with Crippen LogP contribution in [0.3, 0.4) is 0 Å². The highest BCUT2D eigenvalue weighted by Crippen LogP contribution is 2.34. The zero-order valence-electron chi connectivity index (χ0n) is 21.4. The zero-order valence-corrected chi connectivity index (χ0v) is 22.2. The topological polar surface area (TPSA) is 132 Å². The Hall–Kier alpha value is -3.37. The maximum atomic E-state index is 13.0. The Balaban J connectivity index is 1.54. The van der Waals surface area contributed by atoms with E-state index in [1.807, 2.05) is 31.2 Å². The summed E-state index contributed by atoms with van der Waals surface area (Å²) in [7, 11) is 0. The molecule has 9 nitrogen and oxygen atoms in total. The number of hydrogen-bond acceptors (Lipinski definition) is 9. The Morgan fingerprint density at radius 3 is 2.67 bits per heavy atom. The lowest BCUT2D eigenvalue weighted by atomic mass is 9.94. The summed E-state index contributed by atoms with van der Waals surface area (Å²) in [6, 6.07) is 7.75. The molecule has 4 rings (SSSR count). The number of rotatable bonds is 9. The van der Waals surface area contributed by atoms with Crippen molar-refractivity contribution in [3.05, 3.63) is 46.9 Å². The lowest BCUT2D eigenvalue weighted by molar-refractivity contribution is -0.116. The minimum Gasteiger partial charge on any atom is -0.366 e. The Morgan fingerprint density at radius 2 is 2.00 bits per heavy atom. The quantitative estimate of drug-likeness (QED) is 0.281. The highest BCUT2D eigenvalue weighted by atomic mass is 32.1. The number of amides is 1. The van der Waals surface area contributed by atoms with Crippen LogP contribution in [0.2, 0.25) is 0 Å². The van der Waals surface area contributed by atoms with E-state index in [2.05, 4.69) is 51.5 Å². The molecule has 1 aromatic carbocycles. The molecule has 0 radical (unpaired) electrons. The van der Waals surface area contributed by atoms with Gasteiger partial charge in [0.15, 0.2) is 5.13 Å². The summed E-state index contributed by atoms with van der Waals surface area (Å²) in [5, 5.41) is 13.1. The summed E-state index contributed by atoms with van der Waals surface area (Å²) in [5.74, 6) is 1.63. The van der Waals surface area contributed by atoms with E-state index >= 15 is 0 Å². The molecule has 4 aromatic rings. The first-order chi connectivity index (χ1) is 17.1. The fraction of sp³-hybridized carbons (Fsp3) is 0.423. The number of pyridine rings is 1. The number of anilines is 2. The maximum absolute atomic E-state index is 13.0. The molecular weight excluding hydrogens is 474 g/mol. The Morgan fingerprint density at radius 1 is 1.19 bits per heavy atom. The molecule has 190 valence electrons. The third kappa shape index (κ3) is 6.06. The van der Waals surface area contributed by atoms with Crippen molar-refractivity contribution >= 4 is 39.0 Å². The number of hydrogen-bond donors (Lipinski definition) is 3. The smallest absolute Gasteiger partial charge is 0.228 e. The van der Waals surface area contributed by atoms with Crippen LogP contribution in [0.4, 0.5) is 10.9 Å². The average molecular weight is 508 g/mol. The maximum Gasteiger partial charge on any atom is 0.228 e. The first-order valence-electron chi connectivity index (χ1n) is 12.1. The highest BCUT2D eigenvalue weighted by molar-refractivity contribution is 7.16. The van der Waals surface area contributed by atoms with Crippen molar-refractivity contribution in [3.63, 3.8) is 0 Å². The van der Waals surface area contributed by atoms with Gasteiger partial charge in [-0.1, -0.05) is 38.1 Å². The molecule has 0 aliphatic carbocycles. The van der Waals surface area contributed by atoms with Crippen LogP contribution in [0.25, 0.3) is 22.2 Å². The van der Waals surface area contributed by atoms with Gasteiger partial charge in [-0.2, -0.15) is 4.98 Å². The standard InChI is InChI=1S/C26H33N7O2S/c1-15-22(26(3,4)5)36-25(29-15)32-21(34)14-19(7-6-11-27)31-24-20-13-18(23-30-16(2)35-33-23)9-8-17(20)10-12-28-24/h8-10,12-13,19H,6-7,11,14,27H2,1-5H3,(H,28,31)(H,29,32,34). The molecule has 0 bridgehead atoms. The molecule has 3 aromatic heterocycles. The molecule has 3 heterocycles. The largest absolute Gasteiger partial charge is 0.366 e. The summed E-state index contributed by atoms with van der Waals surface area (Å²) in [6.45, 7) is 10.7. The Kier molecular flexibility index (Phi) is 7.65. The summed E-state index contributed by atoms with van der Waals surface area (Å²) >= 11 is 1.53. The van der Waals surface area contributed by atoms with E-state index in [1.165, 1.54) is 16.2 Å². The van der Waals surface area contributed by atoms with E-state index < -0.39 is 0 Å². The number of aryl methyl sites for hydroxylation is 2. The molecule has 0 saturated carbocycles. The van der Waals surface area contributed by atoms with E-state index in [1.54, 1.807) is 13.1 Å². The Labute approximate surface area is 214 Å². The first-order valence-corrected chi connectivity index (χ1v) is 12.9. The van der Waals surface area contributed by atoms with Gasteiger partial charge in [0.25, 0.3) is 0 Å².